The van der Waals surface area contributed by atoms with Crippen molar-refractivity contribution in [2.75, 3.05) is 0 Å². The first-order valence-electron chi connectivity index (χ1n) is 8.36. The minimum Gasteiger partial charge on any atom is -0.475 e. The number of hydrogen-bond donors (Lipinski definition) is 1. The SMILES string of the molecule is Cc1c(C(=O)O)oc2c1C(=O)C(=O)c1c-2ccc2c1CCCC2(C)C. The molecule has 2 aromatic rings. The van der Waals surface area contributed by atoms with Crippen LogP contribution in [-0.4, -0.2) is 22.6 Å². The molecule has 1 aromatic carbocycles. The Labute approximate surface area is 144 Å². The van der Waals surface area contributed by atoms with Crippen molar-refractivity contribution in [2.45, 2.75) is 45.4 Å². The van der Waals surface area contributed by atoms with E-state index in [4.69, 9.17) is 4.42 Å². The van der Waals surface area contributed by atoms with Gasteiger partial charge >= 0.3 is 5.97 Å². The lowest BCUT2D eigenvalue weighted by atomic mass is 9.69. The van der Waals surface area contributed by atoms with Crippen LogP contribution in [0.2, 0.25) is 0 Å². The number of aromatic carboxylic acids is 1. The molecule has 0 unspecified atom stereocenters. The molecule has 2 aliphatic rings. The first-order valence-corrected chi connectivity index (χ1v) is 8.36. The first-order chi connectivity index (χ1) is 11.7. The van der Waals surface area contributed by atoms with E-state index in [1.807, 2.05) is 6.07 Å². The highest BCUT2D eigenvalue weighted by molar-refractivity contribution is 6.53. The van der Waals surface area contributed by atoms with E-state index < -0.39 is 17.5 Å². The lowest BCUT2D eigenvalue weighted by molar-refractivity contribution is 0.0662. The topological polar surface area (TPSA) is 84.6 Å². The number of hydrogen-bond acceptors (Lipinski definition) is 4. The summed E-state index contributed by atoms with van der Waals surface area (Å²) in [6, 6.07) is 3.78. The number of carbonyl (C=O) groups excluding carboxylic acids is 2. The molecule has 0 saturated heterocycles. The molecule has 0 atom stereocenters. The van der Waals surface area contributed by atoms with Crippen LogP contribution in [0, 0.1) is 6.92 Å². The van der Waals surface area contributed by atoms with Crippen LogP contribution in [0.5, 0.6) is 0 Å². The molecule has 128 valence electrons. The zero-order valence-corrected chi connectivity index (χ0v) is 14.4. The number of rotatable bonds is 1. The molecule has 4 rings (SSSR count). The summed E-state index contributed by atoms with van der Waals surface area (Å²) in [4.78, 5) is 36.9. The molecule has 0 amide bonds. The summed E-state index contributed by atoms with van der Waals surface area (Å²) in [6.45, 7) is 5.78. The Morgan fingerprint density at radius 2 is 1.84 bits per heavy atom. The Morgan fingerprint density at radius 3 is 2.52 bits per heavy atom. The number of furan rings is 1. The van der Waals surface area contributed by atoms with Crippen LogP contribution in [0.15, 0.2) is 16.5 Å². The largest absolute Gasteiger partial charge is 0.475 e. The van der Waals surface area contributed by atoms with Gasteiger partial charge in [-0.3, -0.25) is 9.59 Å². The van der Waals surface area contributed by atoms with Gasteiger partial charge < -0.3 is 9.52 Å². The molecule has 0 spiro atoms. The van der Waals surface area contributed by atoms with Gasteiger partial charge in [0.2, 0.25) is 17.3 Å². The van der Waals surface area contributed by atoms with Crippen LogP contribution in [0.1, 0.15) is 74.7 Å². The molecule has 1 aromatic heterocycles. The van der Waals surface area contributed by atoms with Gasteiger partial charge in [-0.2, -0.15) is 0 Å². The number of Topliss-reactive ketones (excluding diaryl/α,β-unsaturated/α-hetero) is 2. The molecule has 0 saturated carbocycles. The third kappa shape index (κ3) is 1.98. The lowest BCUT2D eigenvalue weighted by Gasteiger charge is -2.34. The Balaban J connectivity index is 2.06. The van der Waals surface area contributed by atoms with Crippen LogP contribution < -0.4 is 0 Å². The second-order valence-electron chi connectivity index (χ2n) is 7.48. The third-order valence-corrected chi connectivity index (χ3v) is 5.52. The number of ketones is 2. The normalized spacial score (nSPS) is 17.7. The average Bonchev–Trinajstić information content (AvgIpc) is 2.89. The Hall–Kier alpha value is -2.69. The van der Waals surface area contributed by atoms with Crippen LogP contribution in [0.4, 0.5) is 0 Å². The minimum atomic E-state index is -1.24. The maximum absolute atomic E-state index is 12.9. The fourth-order valence-corrected chi connectivity index (χ4v) is 4.24. The maximum atomic E-state index is 12.9. The minimum absolute atomic E-state index is 0.0580. The summed E-state index contributed by atoms with van der Waals surface area (Å²) < 4.78 is 5.51. The summed E-state index contributed by atoms with van der Waals surface area (Å²) in [5, 5.41) is 9.29. The Bertz CT molecular complexity index is 974. The van der Waals surface area contributed by atoms with Crippen molar-refractivity contribution in [3.05, 3.63) is 45.7 Å². The van der Waals surface area contributed by atoms with E-state index in [0.29, 0.717) is 11.1 Å². The van der Waals surface area contributed by atoms with E-state index in [1.54, 1.807) is 6.07 Å². The van der Waals surface area contributed by atoms with Gasteiger partial charge in [-0.05, 0) is 42.7 Å². The molecule has 0 bridgehead atoms. The molecule has 0 aliphatic heterocycles. The molecule has 0 radical (unpaired) electrons. The van der Waals surface area contributed by atoms with E-state index in [-0.39, 0.29) is 28.1 Å². The van der Waals surface area contributed by atoms with Gasteiger partial charge in [0, 0.05) is 16.7 Å². The molecule has 0 fully saturated rings. The molecule has 1 heterocycles. The number of fused-ring (bicyclic) bond motifs is 5. The predicted molar refractivity (Wildman–Crippen MR) is 90.5 cm³/mol. The fourth-order valence-electron chi connectivity index (χ4n) is 4.24. The van der Waals surface area contributed by atoms with Gasteiger partial charge in [0.1, 0.15) is 5.76 Å². The quantitative estimate of drug-likeness (QED) is 0.796. The molecule has 5 nitrogen and oxygen atoms in total. The highest BCUT2D eigenvalue weighted by Crippen LogP contribution is 2.45. The first kappa shape index (κ1) is 15.8. The summed E-state index contributed by atoms with van der Waals surface area (Å²) in [5.41, 5.74) is 3.17. The highest BCUT2D eigenvalue weighted by atomic mass is 16.4. The second kappa shape index (κ2) is 4.91. The highest BCUT2D eigenvalue weighted by Gasteiger charge is 2.41. The molecule has 5 heteroatoms. The van der Waals surface area contributed by atoms with Gasteiger partial charge in [-0.15, -0.1) is 0 Å². The van der Waals surface area contributed by atoms with Crippen molar-refractivity contribution in [3.8, 4) is 11.3 Å². The van der Waals surface area contributed by atoms with E-state index in [1.165, 1.54) is 6.92 Å². The third-order valence-electron chi connectivity index (χ3n) is 5.52. The van der Waals surface area contributed by atoms with Crippen molar-refractivity contribution in [1.29, 1.82) is 0 Å². The number of benzene rings is 1. The van der Waals surface area contributed by atoms with E-state index >= 15 is 0 Å². The zero-order chi connectivity index (χ0) is 18.1. The monoisotopic (exact) mass is 338 g/mol. The van der Waals surface area contributed by atoms with Crippen LogP contribution in [-0.2, 0) is 11.8 Å². The van der Waals surface area contributed by atoms with E-state index in [0.717, 1.165) is 30.4 Å². The van der Waals surface area contributed by atoms with Crippen molar-refractivity contribution < 1.29 is 23.9 Å². The smallest absolute Gasteiger partial charge is 0.372 e. The maximum Gasteiger partial charge on any atom is 0.372 e. The average molecular weight is 338 g/mol. The summed E-state index contributed by atoms with van der Waals surface area (Å²) in [7, 11) is 0. The van der Waals surface area contributed by atoms with Gasteiger partial charge in [0.05, 0.1) is 5.56 Å². The molecule has 25 heavy (non-hydrogen) atoms. The zero-order valence-electron chi connectivity index (χ0n) is 14.4. The summed E-state index contributed by atoms with van der Waals surface area (Å²) in [5.74, 6) is -2.54. The van der Waals surface area contributed by atoms with Crippen molar-refractivity contribution >= 4 is 17.5 Å². The molecular formula is C20H18O5. The number of carboxylic acid groups (broad SMARTS) is 1. The van der Waals surface area contributed by atoms with Gasteiger partial charge in [0.25, 0.3) is 0 Å². The molecule has 1 N–H and O–H groups in total. The van der Waals surface area contributed by atoms with Crippen LogP contribution in [0.3, 0.4) is 0 Å². The Morgan fingerprint density at radius 1 is 1.16 bits per heavy atom. The second-order valence-corrected chi connectivity index (χ2v) is 7.48. The number of carboxylic acids is 1. The summed E-state index contributed by atoms with van der Waals surface area (Å²) >= 11 is 0. The Kier molecular flexibility index (Phi) is 3.11. The fraction of sp³-hybridized carbons (Fsp3) is 0.350. The van der Waals surface area contributed by atoms with E-state index in [2.05, 4.69) is 13.8 Å². The lowest BCUT2D eigenvalue weighted by Crippen LogP contribution is -2.29. The van der Waals surface area contributed by atoms with Crippen LogP contribution >= 0.6 is 0 Å². The van der Waals surface area contributed by atoms with E-state index in [9.17, 15) is 19.5 Å². The van der Waals surface area contributed by atoms with Gasteiger partial charge in [0.15, 0.2) is 0 Å². The molecule has 2 aliphatic carbocycles. The molecular weight excluding hydrogens is 320 g/mol. The van der Waals surface area contributed by atoms with Crippen molar-refractivity contribution in [1.82, 2.24) is 0 Å². The standard InChI is InChI=1S/C20H18O5/c1-9-13-15(21)16(22)14-10-5-4-8-20(2,3)12(10)7-6-11(14)18(13)25-17(9)19(23)24/h6-7H,4-5,8H2,1-3H3,(H,23,24). The van der Waals surface area contributed by atoms with Gasteiger partial charge in [-0.1, -0.05) is 26.0 Å². The summed E-state index contributed by atoms with van der Waals surface area (Å²) in [6.07, 6.45) is 2.71. The van der Waals surface area contributed by atoms with Crippen molar-refractivity contribution in [3.63, 3.8) is 0 Å². The van der Waals surface area contributed by atoms with Crippen LogP contribution in [0.25, 0.3) is 11.3 Å². The predicted octanol–water partition coefficient (Wildman–Crippen LogP) is 3.95. The number of carbonyl (C=O) groups is 3. The van der Waals surface area contributed by atoms with Gasteiger partial charge in [-0.25, -0.2) is 4.79 Å². The van der Waals surface area contributed by atoms with Crippen molar-refractivity contribution in [2.24, 2.45) is 0 Å².